The van der Waals surface area contributed by atoms with Crippen molar-refractivity contribution in [3.05, 3.63) is 64.7 Å². The Bertz CT molecular complexity index is 986. The second-order valence-corrected chi connectivity index (χ2v) is 9.94. The number of thiocarbonyl (C=S) groups is 1. The van der Waals surface area contributed by atoms with E-state index in [1.807, 2.05) is 16.9 Å². The van der Waals surface area contributed by atoms with E-state index >= 15 is 0 Å². The maximum atomic E-state index is 14.1. The van der Waals surface area contributed by atoms with Gasteiger partial charge in [-0.15, -0.1) is 0 Å². The molecule has 9 heteroatoms. The van der Waals surface area contributed by atoms with Crippen molar-refractivity contribution < 1.29 is 17.2 Å². The molecule has 0 aliphatic rings. The molecule has 2 rings (SSSR count). The Labute approximate surface area is 176 Å². The molecule has 0 aromatic heterocycles. The molecular formula is C20H25F2N3O2S2. The highest BCUT2D eigenvalue weighted by molar-refractivity contribution is 7.92. The van der Waals surface area contributed by atoms with Gasteiger partial charge in [-0.3, -0.25) is 4.72 Å². The molecule has 5 nitrogen and oxygen atoms in total. The second kappa shape index (κ2) is 9.04. The quantitative estimate of drug-likeness (QED) is 0.595. The van der Waals surface area contributed by atoms with Gasteiger partial charge < -0.3 is 10.6 Å². The number of anilines is 1. The molecule has 0 atom stereocenters. The van der Waals surface area contributed by atoms with Crippen LogP contribution in [-0.4, -0.2) is 19.8 Å². The number of benzene rings is 2. The molecule has 0 aliphatic heterocycles. The zero-order valence-electron chi connectivity index (χ0n) is 16.8. The summed E-state index contributed by atoms with van der Waals surface area (Å²) in [5, 5.41) is 6.13. The van der Waals surface area contributed by atoms with Crippen molar-refractivity contribution in [1.82, 2.24) is 10.6 Å². The van der Waals surface area contributed by atoms with Gasteiger partial charge in [0.2, 0.25) is 10.0 Å². The van der Waals surface area contributed by atoms with Crippen molar-refractivity contribution in [3.63, 3.8) is 0 Å². The van der Waals surface area contributed by atoms with Gasteiger partial charge in [-0.05, 0) is 34.8 Å². The van der Waals surface area contributed by atoms with Gasteiger partial charge in [0.05, 0.1) is 11.9 Å². The van der Waals surface area contributed by atoms with Crippen LogP contribution >= 0.6 is 12.2 Å². The molecule has 2 aromatic carbocycles. The average Bonchev–Trinajstić information content (AvgIpc) is 2.60. The molecule has 0 radical (unpaired) electrons. The summed E-state index contributed by atoms with van der Waals surface area (Å²) >= 11 is 5.18. The van der Waals surface area contributed by atoms with E-state index in [2.05, 4.69) is 43.5 Å². The molecule has 0 bridgehead atoms. The summed E-state index contributed by atoms with van der Waals surface area (Å²) in [7, 11) is -3.70. The van der Waals surface area contributed by atoms with Crippen molar-refractivity contribution in [3.8, 4) is 0 Å². The normalized spacial score (nSPS) is 11.8. The Morgan fingerprint density at radius 2 is 1.59 bits per heavy atom. The molecular weight excluding hydrogens is 416 g/mol. The van der Waals surface area contributed by atoms with E-state index in [0.717, 1.165) is 24.0 Å². The van der Waals surface area contributed by atoms with Crippen LogP contribution in [0.1, 0.15) is 37.5 Å². The monoisotopic (exact) mass is 441 g/mol. The first-order valence-electron chi connectivity index (χ1n) is 8.92. The van der Waals surface area contributed by atoms with E-state index in [1.54, 1.807) is 0 Å². The standard InChI is InChI=1S/C20H25F2N3O2S2/c1-20(2,3)15-7-5-13(6-8-15)11-23-19(28)24-12-14-9-17(22)18(10-16(14)21)25-29(4,26)27/h5-10,25H,11-12H2,1-4H3,(H2,23,24,28). The number of rotatable bonds is 6. The summed E-state index contributed by atoms with van der Waals surface area (Å²) in [6.07, 6.45) is 0.862. The predicted molar refractivity (Wildman–Crippen MR) is 116 cm³/mol. The van der Waals surface area contributed by atoms with Crippen molar-refractivity contribution in [2.45, 2.75) is 39.3 Å². The fourth-order valence-corrected chi connectivity index (χ4v) is 3.24. The molecule has 158 valence electrons. The largest absolute Gasteiger partial charge is 0.359 e. The highest BCUT2D eigenvalue weighted by Gasteiger charge is 2.14. The first-order chi connectivity index (χ1) is 13.3. The minimum Gasteiger partial charge on any atom is -0.359 e. The molecule has 0 spiro atoms. The lowest BCUT2D eigenvalue weighted by molar-refractivity contribution is 0.583. The Morgan fingerprint density at radius 3 is 2.14 bits per heavy atom. The van der Waals surface area contributed by atoms with E-state index < -0.39 is 27.3 Å². The van der Waals surface area contributed by atoms with Crippen molar-refractivity contribution in [1.29, 1.82) is 0 Å². The minimum absolute atomic E-state index is 0.0280. The van der Waals surface area contributed by atoms with Crippen molar-refractivity contribution >= 4 is 33.0 Å². The van der Waals surface area contributed by atoms with Crippen LogP contribution < -0.4 is 15.4 Å². The Kier molecular flexibility index (Phi) is 7.18. The van der Waals surface area contributed by atoms with Crippen LogP contribution in [0.25, 0.3) is 0 Å². The van der Waals surface area contributed by atoms with Crippen LogP contribution in [0.15, 0.2) is 36.4 Å². The maximum absolute atomic E-state index is 14.1. The fraction of sp³-hybridized carbons (Fsp3) is 0.350. The topological polar surface area (TPSA) is 70.2 Å². The zero-order chi connectivity index (χ0) is 21.8. The lowest BCUT2D eigenvalue weighted by Gasteiger charge is -2.19. The Morgan fingerprint density at radius 1 is 1.00 bits per heavy atom. The number of sulfonamides is 1. The van der Waals surface area contributed by atoms with Crippen LogP contribution in [0.3, 0.4) is 0 Å². The number of hydrogen-bond donors (Lipinski definition) is 3. The van der Waals surface area contributed by atoms with E-state index in [0.29, 0.717) is 11.7 Å². The van der Waals surface area contributed by atoms with Gasteiger partial charge in [0.25, 0.3) is 0 Å². The number of halogens is 2. The van der Waals surface area contributed by atoms with Gasteiger partial charge in [-0.25, -0.2) is 17.2 Å². The van der Waals surface area contributed by atoms with Crippen LogP contribution in [0.4, 0.5) is 14.5 Å². The highest BCUT2D eigenvalue weighted by Crippen LogP contribution is 2.22. The summed E-state index contributed by atoms with van der Waals surface area (Å²) in [6.45, 7) is 6.88. The van der Waals surface area contributed by atoms with E-state index in [9.17, 15) is 17.2 Å². The molecule has 0 aliphatic carbocycles. The molecule has 2 aromatic rings. The van der Waals surface area contributed by atoms with Gasteiger partial charge in [0, 0.05) is 24.7 Å². The summed E-state index contributed by atoms with van der Waals surface area (Å²) < 4.78 is 52.4. The van der Waals surface area contributed by atoms with E-state index in [1.165, 1.54) is 5.56 Å². The molecule has 29 heavy (non-hydrogen) atoms. The number of hydrogen-bond acceptors (Lipinski definition) is 3. The zero-order valence-corrected chi connectivity index (χ0v) is 18.4. The minimum atomic E-state index is -3.70. The smallest absolute Gasteiger partial charge is 0.229 e. The average molecular weight is 442 g/mol. The van der Waals surface area contributed by atoms with Gasteiger partial charge in [-0.1, -0.05) is 45.0 Å². The summed E-state index contributed by atoms with van der Waals surface area (Å²) in [5.74, 6) is -1.61. The molecule has 0 amide bonds. The van der Waals surface area contributed by atoms with Gasteiger partial charge >= 0.3 is 0 Å². The molecule has 0 heterocycles. The lowest BCUT2D eigenvalue weighted by Crippen LogP contribution is -2.34. The van der Waals surface area contributed by atoms with Crippen molar-refractivity contribution in [2.75, 3.05) is 11.0 Å². The summed E-state index contributed by atoms with van der Waals surface area (Å²) in [5.41, 5.74) is 1.94. The lowest BCUT2D eigenvalue weighted by atomic mass is 9.87. The van der Waals surface area contributed by atoms with Gasteiger partial charge in [0.1, 0.15) is 11.6 Å². The van der Waals surface area contributed by atoms with Crippen LogP contribution in [-0.2, 0) is 28.5 Å². The molecule has 0 saturated heterocycles. The maximum Gasteiger partial charge on any atom is 0.229 e. The third-order valence-corrected chi connectivity index (χ3v) is 5.02. The fourth-order valence-electron chi connectivity index (χ4n) is 2.54. The predicted octanol–water partition coefficient (Wildman–Crippen LogP) is 3.80. The third-order valence-electron chi connectivity index (χ3n) is 4.14. The van der Waals surface area contributed by atoms with Crippen LogP contribution in [0, 0.1) is 11.6 Å². The molecule has 0 fully saturated rings. The number of nitrogens with one attached hydrogen (secondary N) is 3. The van der Waals surface area contributed by atoms with Gasteiger partial charge in [-0.2, -0.15) is 0 Å². The van der Waals surface area contributed by atoms with E-state index in [-0.39, 0.29) is 17.5 Å². The van der Waals surface area contributed by atoms with E-state index in [4.69, 9.17) is 12.2 Å². The second-order valence-electron chi connectivity index (χ2n) is 7.78. The summed E-state index contributed by atoms with van der Waals surface area (Å²) in [6, 6.07) is 9.90. The highest BCUT2D eigenvalue weighted by atomic mass is 32.2. The van der Waals surface area contributed by atoms with Gasteiger partial charge in [0.15, 0.2) is 5.11 Å². The Hall–Kier alpha value is -2.26. The first kappa shape index (κ1) is 23.0. The van der Waals surface area contributed by atoms with Crippen LogP contribution in [0.2, 0.25) is 0 Å². The first-order valence-corrected chi connectivity index (χ1v) is 11.2. The molecule has 0 unspecified atom stereocenters. The summed E-state index contributed by atoms with van der Waals surface area (Å²) in [4.78, 5) is 0. The molecule has 0 saturated carbocycles. The molecule has 3 N–H and O–H groups in total. The third kappa shape index (κ3) is 7.25. The Balaban J connectivity index is 1.91. The van der Waals surface area contributed by atoms with Crippen LogP contribution in [0.5, 0.6) is 0 Å². The SMILES string of the molecule is CC(C)(C)c1ccc(CNC(=S)NCc2cc(F)c(NS(C)(=O)=O)cc2F)cc1. The van der Waals surface area contributed by atoms with Crippen molar-refractivity contribution in [2.24, 2.45) is 0 Å².